The minimum absolute atomic E-state index is 0. The standard InChI is InChI=1S/C19H27N5OS.CH4/c1-2-3-11-10-14(23-19-15(11)16(20)17(26-19)18(21)25)24-8-6-13(7-9-24)22-12-4-5-12;/h10,12-13,22H,2-9,20H2,1H3,(H2,21,25);1H4. The summed E-state index contributed by atoms with van der Waals surface area (Å²) >= 11 is 1.32. The minimum atomic E-state index is -0.471. The number of primary amides is 1. The molecule has 1 saturated carbocycles. The first-order valence-corrected chi connectivity index (χ1v) is 10.4. The van der Waals surface area contributed by atoms with E-state index in [4.69, 9.17) is 16.5 Å². The zero-order valence-corrected chi connectivity index (χ0v) is 16.1. The number of amides is 1. The lowest BCUT2D eigenvalue weighted by Crippen LogP contribution is -2.43. The lowest BCUT2D eigenvalue weighted by molar-refractivity contribution is 0.100. The van der Waals surface area contributed by atoms with Crippen LogP contribution >= 0.6 is 11.3 Å². The van der Waals surface area contributed by atoms with Gasteiger partial charge in [0.15, 0.2) is 0 Å². The number of fused-ring (bicyclic) bond motifs is 1. The summed E-state index contributed by atoms with van der Waals surface area (Å²) in [5.41, 5.74) is 13.4. The highest BCUT2D eigenvalue weighted by Crippen LogP contribution is 2.37. The van der Waals surface area contributed by atoms with Gasteiger partial charge in [0.2, 0.25) is 0 Å². The van der Waals surface area contributed by atoms with Crippen LogP contribution in [0.2, 0.25) is 0 Å². The number of carbonyl (C=O) groups is 1. The van der Waals surface area contributed by atoms with Crippen LogP contribution < -0.4 is 21.7 Å². The van der Waals surface area contributed by atoms with Gasteiger partial charge >= 0.3 is 0 Å². The largest absolute Gasteiger partial charge is 0.397 e. The van der Waals surface area contributed by atoms with Gasteiger partial charge in [-0.05, 0) is 43.7 Å². The van der Waals surface area contributed by atoms with Crippen molar-refractivity contribution < 1.29 is 4.79 Å². The number of hydrogen-bond acceptors (Lipinski definition) is 6. The second-order valence-corrected chi connectivity index (χ2v) is 8.48. The van der Waals surface area contributed by atoms with Crippen LogP contribution in [0.15, 0.2) is 6.07 Å². The van der Waals surface area contributed by atoms with Crippen LogP contribution in [0.3, 0.4) is 0 Å². The summed E-state index contributed by atoms with van der Waals surface area (Å²) < 4.78 is 0. The molecule has 2 aromatic rings. The highest BCUT2D eigenvalue weighted by atomic mass is 32.1. The fraction of sp³-hybridized carbons (Fsp3) is 0.600. The van der Waals surface area contributed by atoms with Gasteiger partial charge < -0.3 is 21.7 Å². The van der Waals surface area contributed by atoms with E-state index in [0.717, 1.165) is 60.8 Å². The van der Waals surface area contributed by atoms with Crippen LogP contribution in [-0.2, 0) is 6.42 Å². The van der Waals surface area contributed by atoms with Crippen molar-refractivity contribution in [1.82, 2.24) is 10.3 Å². The maximum absolute atomic E-state index is 11.7. The molecule has 0 aromatic carbocycles. The number of thiophene rings is 1. The van der Waals surface area contributed by atoms with E-state index in [1.165, 1.54) is 29.7 Å². The first-order chi connectivity index (χ1) is 12.6. The maximum Gasteiger partial charge on any atom is 0.260 e. The molecule has 1 aliphatic heterocycles. The van der Waals surface area contributed by atoms with Crippen LogP contribution in [0.4, 0.5) is 11.5 Å². The van der Waals surface area contributed by atoms with E-state index in [9.17, 15) is 4.79 Å². The second-order valence-electron chi connectivity index (χ2n) is 7.48. The van der Waals surface area contributed by atoms with Crippen LogP contribution in [0, 0.1) is 0 Å². The molecular formula is C20H31N5OS. The Morgan fingerprint density at radius 2 is 1.96 bits per heavy atom. The molecule has 0 unspecified atom stereocenters. The third-order valence-corrected chi connectivity index (χ3v) is 6.49. The van der Waals surface area contributed by atoms with E-state index in [1.54, 1.807) is 0 Å². The molecule has 2 fully saturated rings. The summed E-state index contributed by atoms with van der Waals surface area (Å²) in [6.45, 7) is 4.18. The summed E-state index contributed by atoms with van der Waals surface area (Å²) in [7, 11) is 0. The first-order valence-electron chi connectivity index (χ1n) is 9.59. The predicted molar refractivity (Wildman–Crippen MR) is 115 cm³/mol. The summed E-state index contributed by atoms with van der Waals surface area (Å²) in [5.74, 6) is 0.532. The average molecular weight is 390 g/mol. The molecule has 7 heteroatoms. The average Bonchev–Trinajstić information content (AvgIpc) is 3.37. The fourth-order valence-corrected chi connectivity index (χ4v) is 4.84. The zero-order valence-electron chi connectivity index (χ0n) is 15.3. The molecular weight excluding hydrogens is 358 g/mol. The van der Waals surface area contributed by atoms with E-state index in [2.05, 4.69) is 23.2 Å². The SMILES string of the molecule is C.CCCc1cc(N2CCC(NC3CC3)CC2)nc2sc(C(N)=O)c(N)c12. The van der Waals surface area contributed by atoms with Gasteiger partial charge in [-0.2, -0.15) is 0 Å². The molecule has 4 rings (SSSR count). The number of rotatable bonds is 6. The molecule has 5 N–H and O–H groups in total. The molecule has 1 aliphatic carbocycles. The van der Waals surface area contributed by atoms with E-state index in [-0.39, 0.29) is 7.43 Å². The van der Waals surface area contributed by atoms with Crippen molar-refractivity contribution in [2.24, 2.45) is 5.73 Å². The molecule has 1 saturated heterocycles. The molecule has 3 heterocycles. The number of piperidine rings is 1. The van der Waals surface area contributed by atoms with Gasteiger partial charge in [-0.3, -0.25) is 4.79 Å². The van der Waals surface area contributed by atoms with Crippen LogP contribution in [-0.4, -0.2) is 36.1 Å². The predicted octanol–water partition coefficient (Wildman–Crippen LogP) is 3.29. The Bertz CT molecular complexity index is 821. The van der Waals surface area contributed by atoms with Gasteiger partial charge in [-0.25, -0.2) is 4.98 Å². The Hall–Kier alpha value is -1.86. The lowest BCUT2D eigenvalue weighted by Gasteiger charge is -2.33. The summed E-state index contributed by atoms with van der Waals surface area (Å²) in [5, 5.41) is 4.65. The highest BCUT2D eigenvalue weighted by Gasteiger charge is 2.28. The Morgan fingerprint density at radius 1 is 1.30 bits per heavy atom. The van der Waals surface area contributed by atoms with Crippen molar-refractivity contribution in [3.63, 3.8) is 0 Å². The number of carbonyl (C=O) groups excluding carboxylic acids is 1. The van der Waals surface area contributed by atoms with Gasteiger partial charge in [0.1, 0.15) is 15.5 Å². The molecule has 1 amide bonds. The van der Waals surface area contributed by atoms with Gasteiger partial charge in [0.05, 0.1) is 5.69 Å². The Labute approximate surface area is 165 Å². The fourth-order valence-electron chi connectivity index (χ4n) is 3.85. The number of nitrogens with two attached hydrogens (primary N) is 2. The molecule has 0 bridgehead atoms. The summed E-state index contributed by atoms with van der Waals surface area (Å²) in [6, 6.07) is 3.56. The number of nitrogen functional groups attached to an aromatic ring is 1. The van der Waals surface area contributed by atoms with Crippen LogP contribution in [0.1, 0.15) is 61.7 Å². The van der Waals surface area contributed by atoms with Crippen molar-refractivity contribution in [2.75, 3.05) is 23.7 Å². The topological polar surface area (TPSA) is 97.3 Å². The molecule has 0 atom stereocenters. The monoisotopic (exact) mass is 389 g/mol. The van der Waals surface area contributed by atoms with Gasteiger partial charge in [0.25, 0.3) is 5.91 Å². The van der Waals surface area contributed by atoms with Crippen LogP contribution in [0.25, 0.3) is 10.2 Å². The number of aromatic nitrogens is 1. The Morgan fingerprint density at radius 3 is 2.56 bits per heavy atom. The maximum atomic E-state index is 11.7. The summed E-state index contributed by atoms with van der Waals surface area (Å²) in [6.07, 6.45) is 6.91. The van der Waals surface area contributed by atoms with E-state index >= 15 is 0 Å². The molecule has 0 spiro atoms. The number of aryl methyl sites for hydroxylation is 1. The molecule has 0 radical (unpaired) electrons. The quantitative estimate of drug-likeness (QED) is 0.704. The molecule has 6 nitrogen and oxygen atoms in total. The smallest absolute Gasteiger partial charge is 0.260 e. The van der Waals surface area contributed by atoms with E-state index in [1.807, 2.05) is 0 Å². The van der Waals surface area contributed by atoms with Gasteiger partial charge in [-0.15, -0.1) is 11.3 Å². The van der Waals surface area contributed by atoms with E-state index in [0.29, 0.717) is 16.6 Å². The molecule has 2 aromatic heterocycles. The molecule has 148 valence electrons. The van der Waals surface area contributed by atoms with Crippen molar-refractivity contribution in [1.29, 1.82) is 0 Å². The Balaban J connectivity index is 0.00000210. The van der Waals surface area contributed by atoms with Crippen molar-refractivity contribution in [3.05, 3.63) is 16.5 Å². The highest BCUT2D eigenvalue weighted by molar-refractivity contribution is 7.21. The van der Waals surface area contributed by atoms with Crippen LogP contribution in [0.5, 0.6) is 0 Å². The third kappa shape index (κ3) is 4.04. The third-order valence-electron chi connectivity index (χ3n) is 5.38. The van der Waals surface area contributed by atoms with Gasteiger partial charge in [0, 0.05) is 30.6 Å². The lowest BCUT2D eigenvalue weighted by atomic mass is 10.0. The zero-order chi connectivity index (χ0) is 18.3. The van der Waals surface area contributed by atoms with Gasteiger partial charge in [-0.1, -0.05) is 20.8 Å². The number of nitrogens with one attached hydrogen (secondary N) is 1. The number of anilines is 2. The molecule has 2 aliphatic rings. The summed E-state index contributed by atoms with van der Waals surface area (Å²) in [4.78, 5) is 20.1. The van der Waals surface area contributed by atoms with Crippen molar-refractivity contribution >= 4 is 39.0 Å². The number of hydrogen-bond donors (Lipinski definition) is 3. The second kappa shape index (κ2) is 8.02. The van der Waals surface area contributed by atoms with E-state index < -0.39 is 5.91 Å². The first kappa shape index (κ1) is 19.9. The minimum Gasteiger partial charge on any atom is -0.397 e. The number of pyridine rings is 1. The number of nitrogens with zero attached hydrogens (tertiary/aromatic N) is 2. The Kier molecular flexibility index (Phi) is 5.91. The van der Waals surface area contributed by atoms with Crippen molar-refractivity contribution in [3.8, 4) is 0 Å². The molecule has 27 heavy (non-hydrogen) atoms. The van der Waals surface area contributed by atoms with Crippen molar-refractivity contribution in [2.45, 2.75) is 65.0 Å². The normalized spacial score (nSPS) is 17.9.